The first kappa shape index (κ1) is 5.97. The van der Waals surface area contributed by atoms with Crippen LogP contribution in [0.15, 0.2) is 0 Å². The van der Waals surface area contributed by atoms with Crippen molar-refractivity contribution in [2.24, 2.45) is 28.9 Å². The molecule has 6 unspecified atom stereocenters. The molecule has 6 atom stereocenters. The van der Waals surface area contributed by atoms with Gasteiger partial charge < -0.3 is 10.5 Å². The first-order valence-corrected chi connectivity index (χ1v) is 4.61. The Bertz CT molecular complexity index is 320. The number of hydrogen-bond acceptors (Lipinski definition) is 3. The molecule has 1 aliphatic heterocycles. The molecule has 0 aromatic rings. The van der Waals surface area contributed by atoms with Crippen molar-refractivity contribution in [2.45, 2.75) is 25.0 Å². The van der Waals surface area contributed by atoms with E-state index in [1.807, 2.05) is 0 Å². The van der Waals surface area contributed by atoms with Gasteiger partial charge in [0.1, 0.15) is 6.10 Å². The summed E-state index contributed by atoms with van der Waals surface area (Å²) in [5, 5.41) is 0. The van der Waals surface area contributed by atoms with Crippen LogP contribution in [-0.2, 0) is 9.53 Å². The zero-order valence-corrected chi connectivity index (χ0v) is 6.91. The topological polar surface area (TPSA) is 52.3 Å². The highest BCUT2D eigenvalue weighted by atomic mass is 16.6. The van der Waals surface area contributed by atoms with Gasteiger partial charge in [-0.15, -0.1) is 0 Å². The molecule has 3 saturated carbocycles. The van der Waals surface area contributed by atoms with Gasteiger partial charge in [0.25, 0.3) is 0 Å². The lowest BCUT2D eigenvalue weighted by molar-refractivity contribution is -0.146. The molecule has 0 aromatic heterocycles. The Kier molecular flexibility index (Phi) is 0.571. The molecule has 64 valence electrons. The molecule has 4 rings (SSSR count). The zero-order chi connectivity index (χ0) is 8.30. The molecule has 3 heteroatoms. The number of carbonyl (C=O) groups is 1. The van der Waals surface area contributed by atoms with Crippen molar-refractivity contribution in [1.29, 1.82) is 0 Å². The van der Waals surface area contributed by atoms with Gasteiger partial charge in [0.15, 0.2) is 0 Å². The van der Waals surface area contributed by atoms with Gasteiger partial charge in [-0.1, -0.05) is 6.92 Å². The fourth-order valence-electron chi connectivity index (χ4n) is 4.43. The van der Waals surface area contributed by atoms with Gasteiger partial charge in [0.05, 0.1) is 11.5 Å². The average molecular weight is 165 g/mol. The first-order chi connectivity index (χ1) is 5.62. The molecule has 3 aliphatic carbocycles. The number of ether oxygens (including phenoxy) is 1. The molecule has 0 amide bonds. The van der Waals surface area contributed by atoms with Gasteiger partial charge >= 0.3 is 5.97 Å². The first-order valence-electron chi connectivity index (χ1n) is 4.61. The summed E-state index contributed by atoms with van der Waals surface area (Å²) in [5.41, 5.74) is 6.34. The van der Waals surface area contributed by atoms with Crippen LogP contribution in [0, 0.1) is 23.2 Å². The van der Waals surface area contributed by atoms with Crippen LogP contribution < -0.4 is 5.73 Å². The van der Waals surface area contributed by atoms with Gasteiger partial charge in [-0.05, 0) is 12.3 Å². The second-order valence-corrected chi connectivity index (χ2v) is 4.99. The van der Waals surface area contributed by atoms with E-state index in [-0.39, 0.29) is 28.9 Å². The maximum Gasteiger partial charge on any atom is 0.309 e. The minimum absolute atomic E-state index is 0.0172. The number of carbonyl (C=O) groups excluding carboxylic acids is 1. The van der Waals surface area contributed by atoms with Crippen LogP contribution in [0.4, 0.5) is 0 Å². The van der Waals surface area contributed by atoms with Gasteiger partial charge in [-0.3, -0.25) is 4.79 Å². The van der Waals surface area contributed by atoms with Gasteiger partial charge in [-0.25, -0.2) is 0 Å². The minimum atomic E-state index is -0.111. The third kappa shape index (κ3) is 0.264. The van der Waals surface area contributed by atoms with Crippen LogP contribution >= 0.6 is 0 Å². The monoisotopic (exact) mass is 165 g/mol. The Balaban J connectivity index is 1.94. The fourth-order valence-corrected chi connectivity index (χ4v) is 4.43. The standard InChI is InChI=1S/C9H11NO2/c1-8-4-2-3-5(8)6(9(4,8)10)12-7(3)11/h3-6H,2,10H2,1H3. The van der Waals surface area contributed by atoms with E-state index >= 15 is 0 Å². The molecular weight excluding hydrogens is 154 g/mol. The predicted octanol–water partition coefficient (Wildman–Crippen LogP) is -0.105. The lowest BCUT2D eigenvalue weighted by Crippen LogP contribution is -2.60. The molecular formula is C9H11NO2. The van der Waals surface area contributed by atoms with Gasteiger partial charge in [0, 0.05) is 11.3 Å². The summed E-state index contributed by atoms with van der Waals surface area (Å²) < 4.78 is 5.27. The molecule has 2 N–H and O–H groups in total. The third-order valence-corrected chi connectivity index (χ3v) is 5.11. The largest absolute Gasteiger partial charge is 0.460 e. The summed E-state index contributed by atoms with van der Waals surface area (Å²) in [4.78, 5) is 11.3. The van der Waals surface area contributed by atoms with Crippen molar-refractivity contribution >= 4 is 5.97 Å². The maximum absolute atomic E-state index is 11.3. The maximum atomic E-state index is 11.3. The molecule has 4 aliphatic rings. The van der Waals surface area contributed by atoms with E-state index < -0.39 is 0 Å². The molecule has 4 fully saturated rings. The summed E-state index contributed by atoms with van der Waals surface area (Å²) in [5.74, 6) is 1.27. The van der Waals surface area contributed by atoms with E-state index in [4.69, 9.17) is 10.5 Å². The Morgan fingerprint density at radius 1 is 1.67 bits per heavy atom. The molecule has 0 aromatic carbocycles. The zero-order valence-electron chi connectivity index (χ0n) is 6.91. The second-order valence-electron chi connectivity index (χ2n) is 4.99. The minimum Gasteiger partial charge on any atom is -0.460 e. The van der Waals surface area contributed by atoms with E-state index in [9.17, 15) is 4.79 Å². The van der Waals surface area contributed by atoms with Crippen molar-refractivity contribution < 1.29 is 9.53 Å². The molecule has 0 spiro atoms. The molecule has 3 nitrogen and oxygen atoms in total. The molecule has 1 heterocycles. The van der Waals surface area contributed by atoms with Gasteiger partial charge in [-0.2, -0.15) is 0 Å². The molecule has 0 bridgehead atoms. The summed E-state index contributed by atoms with van der Waals surface area (Å²) in [6, 6.07) is 0. The summed E-state index contributed by atoms with van der Waals surface area (Å²) in [7, 11) is 0. The van der Waals surface area contributed by atoms with E-state index in [0.29, 0.717) is 11.8 Å². The molecule has 0 radical (unpaired) electrons. The Labute approximate surface area is 70.3 Å². The third-order valence-electron chi connectivity index (χ3n) is 5.11. The quantitative estimate of drug-likeness (QED) is 0.510. The number of hydrogen-bond donors (Lipinski definition) is 1. The highest BCUT2D eigenvalue weighted by molar-refractivity contribution is 5.80. The number of fused-ring (bicyclic) bond motifs is 2. The average Bonchev–Trinajstić information content (AvgIpc) is 2.34. The predicted molar refractivity (Wildman–Crippen MR) is 40.0 cm³/mol. The lowest BCUT2D eigenvalue weighted by atomic mass is 9.64. The number of esters is 1. The van der Waals surface area contributed by atoms with Crippen LogP contribution in [-0.4, -0.2) is 17.6 Å². The Hall–Kier alpha value is -0.570. The van der Waals surface area contributed by atoms with E-state index in [0.717, 1.165) is 6.42 Å². The van der Waals surface area contributed by atoms with Crippen molar-refractivity contribution in [3.63, 3.8) is 0 Å². The summed E-state index contributed by atoms with van der Waals surface area (Å²) in [6.07, 6.45) is 1.08. The van der Waals surface area contributed by atoms with Crippen molar-refractivity contribution in [3.8, 4) is 0 Å². The SMILES string of the molecule is CC12C3C4CC1C2(N)C3OC4=O. The van der Waals surface area contributed by atoms with E-state index in [2.05, 4.69) is 6.92 Å². The summed E-state index contributed by atoms with van der Waals surface area (Å²) in [6.45, 7) is 2.22. The number of nitrogens with two attached hydrogens (primary N) is 1. The van der Waals surface area contributed by atoms with E-state index in [1.165, 1.54) is 0 Å². The molecule has 12 heavy (non-hydrogen) atoms. The normalized spacial score (nSPS) is 75.0. The second kappa shape index (κ2) is 1.15. The van der Waals surface area contributed by atoms with Crippen LogP contribution in [0.1, 0.15) is 13.3 Å². The van der Waals surface area contributed by atoms with Gasteiger partial charge in [0.2, 0.25) is 0 Å². The Morgan fingerprint density at radius 2 is 2.42 bits per heavy atom. The highest BCUT2D eigenvalue weighted by Gasteiger charge is 2.96. The van der Waals surface area contributed by atoms with Crippen LogP contribution in [0.3, 0.4) is 0 Å². The van der Waals surface area contributed by atoms with E-state index in [1.54, 1.807) is 0 Å². The van der Waals surface area contributed by atoms with Crippen molar-refractivity contribution in [1.82, 2.24) is 0 Å². The van der Waals surface area contributed by atoms with Crippen LogP contribution in [0.25, 0.3) is 0 Å². The Morgan fingerprint density at radius 3 is 3.00 bits per heavy atom. The number of rotatable bonds is 0. The van der Waals surface area contributed by atoms with Crippen molar-refractivity contribution in [2.75, 3.05) is 0 Å². The smallest absolute Gasteiger partial charge is 0.309 e. The lowest BCUT2D eigenvalue weighted by Gasteiger charge is -2.43. The summed E-state index contributed by atoms with van der Waals surface area (Å²) >= 11 is 0. The van der Waals surface area contributed by atoms with Crippen LogP contribution in [0.2, 0.25) is 0 Å². The highest BCUT2D eigenvalue weighted by Crippen LogP contribution is 2.86. The van der Waals surface area contributed by atoms with Crippen molar-refractivity contribution in [3.05, 3.63) is 0 Å². The molecule has 1 saturated heterocycles. The fraction of sp³-hybridized carbons (Fsp3) is 0.889. The van der Waals surface area contributed by atoms with Crippen LogP contribution in [0.5, 0.6) is 0 Å².